The van der Waals surface area contributed by atoms with Gasteiger partial charge in [0.1, 0.15) is 6.61 Å². The van der Waals surface area contributed by atoms with Crippen molar-refractivity contribution in [1.82, 2.24) is 4.57 Å². The highest BCUT2D eigenvalue weighted by Crippen LogP contribution is 2.39. The fraction of sp³-hybridized carbons (Fsp3) is 0.306. The molecular weight excluding hydrogens is 755 g/mol. The van der Waals surface area contributed by atoms with Gasteiger partial charge in [0.25, 0.3) is 5.56 Å². The molecule has 0 saturated carbocycles. The van der Waals surface area contributed by atoms with Gasteiger partial charge >= 0.3 is 5.97 Å². The maximum absolute atomic E-state index is 14.2. The molecule has 9 nitrogen and oxygen atoms in total. The number of nitrogens with zero attached hydrogens (tertiary/aromatic N) is 2. The number of carbonyl (C=O) groups excluding carboxylic acids is 1. The third-order valence-corrected chi connectivity index (χ3v) is 9.56. The van der Waals surface area contributed by atoms with Crippen LogP contribution < -0.4 is 33.8 Å². The minimum atomic E-state index is -0.819. The van der Waals surface area contributed by atoms with Crippen LogP contribution in [-0.2, 0) is 16.1 Å². The fourth-order valence-electron chi connectivity index (χ4n) is 5.33. The SMILES string of the molecule is CCOC(=O)C1=C(C)N=c2s/c(=C\c3cc(Br)c(OCc4ccc(Cl)cc4Cl)c(OCC)c3)c(=O)n2[C@@H]1c1ccc(OC(C)C)c(OC)c1. The van der Waals surface area contributed by atoms with E-state index in [-0.39, 0.29) is 30.5 Å². The van der Waals surface area contributed by atoms with E-state index in [2.05, 4.69) is 20.9 Å². The summed E-state index contributed by atoms with van der Waals surface area (Å²) in [6.45, 7) is 9.93. The predicted octanol–water partition coefficient (Wildman–Crippen LogP) is 7.64. The van der Waals surface area contributed by atoms with Crippen molar-refractivity contribution in [2.24, 2.45) is 4.99 Å². The third kappa shape index (κ3) is 8.01. The molecule has 0 amide bonds. The minimum absolute atomic E-state index is 0.0828. The second-order valence-corrected chi connectivity index (χ2v) is 13.9. The normalized spacial score (nSPS) is 14.4. The molecule has 0 spiro atoms. The Morgan fingerprint density at radius 3 is 2.49 bits per heavy atom. The lowest BCUT2D eigenvalue weighted by Gasteiger charge is -2.25. The van der Waals surface area contributed by atoms with Gasteiger partial charge in [-0.2, -0.15) is 0 Å². The van der Waals surface area contributed by atoms with Crippen LogP contribution in [0.25, 0.3) is 6.08 Å². The Morgan fingerprint density at radius 1 is 1.04 bits per heavy atom. The first-order valence-electron chi connectivity index (χ1n) is 15.5. The zero-order chi connectivity index (χ0) is 35.4. The van der Waals surface area contributed by atoms with E-state index >= 15 is 0 Å². The summed E-state index contributed by atoms with van der Waals surface area (Å²) in [5, 5.41) is 1.03. The number of methoxy groups -OCH3 is 1. The quantitative estimate of drug-likeness (QED) is 0.136. The number of aromatic nitrogens is 1. The number of benzene rings is 3. The Balaban J connectivity index is 1.60. The molecule has 1 aromatic heterocycles. The maximum Gasteiger partial charge on any atom is 0.338 e. The average Bonchev–Trinajstić information content (AvgIpc) is 3.34. The lowest BCUT2D eigenvalue weighted by molar-refractivity contribution is -0.139. The molecule has 258 valence electrons. The molecule has 5 rings (SSSR count). The number of hydrogen-bond acceptors (Lipinski definition) is 9. The van der Waals surface area contributed by atoms with Gasteiger partial charge in [-0.15, -0.1) is 0 Å². The van der Waals surface area contributed by atoms with Crippen molar-refractivity contribution in [3.05, 3.63) is 111 Å². The van der Waals surface area contributed by atoms with Crippen LogP contribution in [0.2, 0.25) is 10.0 Å². The molecule has 0 N–H and O–H groups in total. The number of carbonyl (C=O) groups is 1. The van der Waals surface area contributed by atoms with Crippen molar-refractivity contribution in [3.63, 3.8) is 0 Å². The van der Waals surface area contributed by atoms with Crippen LogP contribution in [0.3, 0.4) is 0 Å². The van der Waals surface area contributed by atoms with Gasteiger partial charge in [-0.25, -0.2) is 9.79 Å². The smallest absolute Gasteiger partial charge is 0.338 e. The lowest BCUT2D eigenvalue weighted by atomic mass is 9.95. The summed E-state index contributed by atoms with van der Waals surface area (Å²) in [4.78, 5) is 32.7. The van der Waals surface area contributed by atoms with Crippen molar-refractivity contribution in [2.45, 2.75) is 53.4 Å². The van der Waals surface area contributed by atoms with Gasteiger partial charge in [0.15, 0.2) is 27.8 Å². The molecule has 0 fully saturated rings. The Hall–Kier alpha value is -3.77. The number of hydrogen-bond donors (Lipinski definition) is 0. The zero-order valence-corrected chi connectivity index (χ0v) is 31.7. The van der Waals surface area contributed by atoms with Crippen LogP contribution >= 0.6 is 50.5 Å². The number of thiazole rings is 1. The van der Waals surface area contributed by atoms with E-state index in [1.54, 1.807) is 63.4 Å². The summed E-state index contributed by atoms with van der Waals surface area (Å²) in [6.07, 6.45) is 1.68. The van der Waals surface area contributed by atoms with E-state index in [1.807, 2.05) is 32.9 Å². The summed E-state index contributed by atoms with van der Waals surface area (Å²) < 4.78 is 31.6. The van der Waals surface area contributed by atoms with Gasteiger partial charge in [0.2, 0.25) is 0 Å². The van der Waals surface area contributed by atoms with Gasteiger partial charge in [0, 0.05) is 15.6 Å². The minimum Gasteiger partial charge on any atom is -0.493 e. The highest BCUT2D eigenvalue weighted by atomic mass is 79.9. The number of esters is 1. The second-order valence-electron chi connectivity index (χ2n) is 11.2. The van der Waals surface area contributed by atoms with E-state index in [0.29, 0.717) is 70.3 Å². The zero-order valence-electron chi connectivity index (χ0n) is 27.8. The first-order chi connectivity index (χ1) is 23.4. The Bertz CT molecular complexity index is 2110. The fourth-order valence-corrected chi connectivity index (χ4v) is 7.41. The number of fused-ring (bicyclic) bond motifs is 1. The van der Waals surface area contributed by atoms with Crippen molar-refractivity contribution in [1.29, 1.82) is 0 Å². The van der Waals surface area contributed by atoms with E-state index in [4.69, 9.17) is 46.9 Å². The Kier molecular flexibility index (Phi) is 11.8. The summed E-state index contributed by atoms with van der Waals surface area (Å²) in [7, 11) is 1.54. The monoisotopic (exact) mass is 788 g/mol. The van der Waals surface area contributed by atoms with Crippen LogP contribution in [0.4, 0.5) is 0 Å². The van der Waals surface area contributed by atoms with Crippen LogP contribution in [0, 0.1) is 0 Å². The number of ether oxygens (including phenoxy) is 5. The average molecular weight is 791 g/mol. The van der Waals surface area contributed by atoms with Gasteiger partial charge in [-0.3, -0.25) is 9.36 Å². The van der Waals surface area contributed by atoms with Crippen LogP contribution in [0.1, 0.15) is 57.4 Å². The molecule has 4 aromatic rings. The Morgan fingerprint density at radius 2 is 1.82 bits per heavy atom. The van der Waals surface area contributed by atoms with Gasteiger partial charge < -0.3 is 23.7 Å². The molecule has 1 aliphatic rings. The van der Waals surface area contributed by atoms with Gasteiger partial charge in [-0.05, 0) is 104 Å². The Labute approximate surface area is 306 Å². The van der Waals surface area contributed by atoms with Crippen molar-refractivity contribution >= 4 is 62.5 Å². The molecule has 1 aliphatic heterocycles. The van der Waals surface area contributed by atoms with Crippen molar-refractivity contribution in [2.75, 3.05) is 20.3 Å². The summed E-state index contributed by atoms with van der Waals surface area (Å²) in [5.74, 6) is 1.44. The summed E-state index contributed by atoms with van der Waals surface area (Å²) in [6, 6.07) is 13.4. The first-order valence-corrected chi connectivity index (χ1v) is 17.9. The van der Waals surface area contributed by atoms with Gasteiger partial charge in [0.05, 0.1) is 52.7 Å². The van der Waals surface area contributed by atoms with Crippen molar-refractivity contribution in [3.8, 4) is 23.0 Å². The predicted molar refractivity (Wildman–Crippen MR) is 195 cm³/mol. The molecule has 0 radical (unpaired) electrons. The molecule has 3 aromatic carbocycles. The summed E-state index contributed by atoms with van der Waals surface area (Å²) >= 11 is 17.3. The molecular formula is C36H35BrCl2N2O7S. The number of rotatable bonds is 12. The molecule has 49 heavy (non-hydrogen) atoms. The molecule has 0 bridgehead atoms. The van der Waals surface area contributed by atoms with Crippen LogP contribution in [0.5, 0.6) is 23.0 Å². The van der Waals surface area contributed by atoms with Crippen LogP contribution in [0.15, 0.2) is 74.1 Å². The molecule has 0 aliphatic carbocycles. The van der Waals surface area contributed by atoms with Crippen molar-refractivity contribution < 1.29 is 28.5 Å². The number of allylic oxidation sites excluding steroid dienone is 1. The van der Waals surface area contributed by atoms with E-state index in [1.165, 1.54) is 15.9 Å². The largest absolute Gasteiger partial charge is 0.493 e. The maximum atomic E-state index is 14.2. The molecule has 2 heterocycles. The highest BCUT2D eigenvalue weighted by Gasteiger charge is 2.34. The molecule has 0 unspecified atom stereocenters. The molecule has 13 heteroatoms. The first kappa shape index (κ1) is 36.5. The van der Waals surface area contributed by atoms with E-state index in [9.17, 15) is 9.59 Å². The standard InChI is InChI=1S/C36H35BrCl2N2O7S/c1-7-45-29-14-21(13-25(37)33(29)47-18-23-9-11-24(38)17-26(23)39)15-30-34(42)41-32(22-10-12-27(48-19(3)4)28(16-22)44-6)31(35(43)46-8-2)20(5)40-36(41)49-30/h9-17,19,32H,7-8,18H2,1-6H3/b30-15-/t32-/m1/s1. The topological polar surface area (TPSA) is 97.6 Å². The summed E-state index contributed by atoms with van der Waals surface area (Å²) in [5.41, 5.74) is 2.49. The van der Waals surface area contributed by atoms with E-state index < -0.39 is 12.0 Å². The van der Waals surface area contributed by atoms with Gasteiger partial charge in [-0.1, -0.05) is 46.7 Å². The molecule has 0 saturated heterocycles. The number of halogens is 3. The molecule has 1 atom stereocenters. The van der Waals surface area contributed by atoms with Crippen LogP contribution in [-0.4, -0.2) is 37.0 Å². The lowest BCUT2D eigenvalue weighted by Crippen LogP contribution is -2.40. The second kappa shape index (κ2) is 15.8. The highest BCUT2D eigenvalue weighted by molar-refractivity contribution is 9.10. The van der Waals surface area contributed by atoms with E-state index in [0.717, 1.165) is 5.56 Å². The third-order valence-electron chi connectivity index (χ3n) is 7.40.